The molecule has 0 spiro atoms. The average Bonchev–Trinajstić information content (AvgIpc) is 2.33. The van der Waals surface area contributed by atoms with Crippen molar-refractivity contribution in [3.05, 3.63) is 35.9 Å². The molecule has 2 nitrogen and oxygen atoms in total. The van der Waals surface area contributed by atoms with E-state index in [1.807, 2.05) is 30.3 Å². The second-order valence-corrected chi connectivity index (χ2v) is 3.77. The van der Waals surface area contributed by atoms with Crippen LogP contribution in [0.25, 0.3) is 0 Å². The van der Waals surface area contributed by atoms with Crippen LogP contribution in [-0.2, 0) is 0 Å². The minimum absolute atomic E-state index is 0. The van der Waals surface area contributed by atoms with E-state index in [1.165, 1.54) is 0 Å². The van der Waals surface area contributed by atoms with Crippen molar-refractivity contribution >= 4 is 5.91 Å². The molecule has 0 aliphatic carbocycles. The van der Waals surface area contributed by atoms with Crippen LogP contribution in [0.15, 0.2) is 30.3 Å². The summed E-state index contributed by atoms with van der Waals surface area (Å²) in [6, 6.07) is 9.58. The maximum atomic E-state index is 12.3. The zero-order valence-corrected chi connectivity index (χ0v) is 12.4. The Morgan fingerprint density at radius 2 is 1.44 bits per heavy atom. The van der Waals surface area contributed by atoms with Gasteiger partial charge in [-0.05, 0) is 32.9 Å². The van der Waals surface area contributed by atoms with Crippen LogP contribution in [0.5, 0.6) is 0 Å². The van der Waals surface area contributed by atoms with Crippen molar-refractivity contribution in [3.8, 4) is 0 Å². The van der Waals surface area contributed by atoms with Gasteiger partial charge in [-0.3, -0.25) is 4.48 Å². The highest BCUT2D eigenvalue weighted by atomic mass is 127. The molecule has 1 amide bonds. The van der Waals surface area contributed by atoms with Crippen LogP contribution in [0.1, 0.15) is 31.1 Å². The van der Waals surface area contributed by atoms with Crippen molar-refractivity contribution in [2.24, 2.45) is 0 Å². The SMILES string of the molecule is CC[N+](CC)(CC)C(=O)c1ccccc1.[I-]. The maximum absolute atomic E-state index is 12.3. The number of carbonyl (C=O) groups excluding carboxylic acids is 1. The standard InChI is InChI=1S/C13H20NO.HI/c1-4-14(5-2,6-3)13(15)12-10-8-7-9-11-12;/h7-11H,4-6H2,1-3H3;1H/q+1;/p-1. The zero-order valence-electron chi connectivity index (χ0n) is 10.2. The number of nitrogens with zero attached hydrogens (tertiary/aromatic N) is 1. The molecular formula is C13H20INO. The second-order valence-electron chi connectivity index (χ2n) is 3.77. The molecule has 0 aliphatic heterocycles. The molecule has 0 unspecified atom stereocenters. The molecule has 0 saturated carbocycles. The molecular weight excluding hydrogens is 313 g/mol. The third kappa shape index (κ3) is 3.04. The Kier molecular flexibility index (Phi) is 6.83. The minimum Gasteiger partial charge on any atom is -1.00 e. The summed E-state index contributed by atoms with van der Waals surface area (Å²) in [7, 11) is 0. The maximum Gasteiger partial charge on any atom is 0.345 e. The Morgan fingerprint density at radius 3 is 1.81 bits per heavy atom. The number of hydrogen-bond acceptors (Lipinski definition) is 1. The summed E-state index contributed by atoms with van der Waals surface area (Å²) in [4.78, 5) is 12.3. The van der Waals surface area contributed by atoms with Crippen LogP contribution in [0.2, 0.25) is 0 Å². The van der Waals surface area contributed by atoms with Crippen LogP contribution in [0.4, 0.5) is 0 Å². The monoisotopic (exact) mass is 333 g/mol. The molecule has 0 N–H and O–H groups in total. The van der Waals surface area contributed by atoms with Gasteiger partial charge in [0.15, 0.2) is 0 Å². The lowest BCUT2D eigenvalue weighted by Crippen LogP contribution is -3.00. The largest absolute Gasteiger partial charge is 1.00 e. The van der Waals surface area contributed by atoms with Crippen molar-refractivity contribution in [1.82, 2.24) is 0 Å². The van der Waals surface area contributed by atoms with Crippen molar-refractivity contribution in [2.75, 3.05) is 19.6 Å². The van der Waals surface area contributed by atoms with E-state index in [0.717, 1.165) is 25.2 Å². The van der Waals surface area contributed by atoms with Crippen LogP contribution >= 0.6 is 0 Å². The predicted molar refractivity (Wildman–Crippen MR) is 62.7 cm³/mol. The lowest BCUT2D eigenvalue weighted by atomic mass is 10.1. The molecule has 3 heteroatoms. The summed E-state index contributed by atoms with van der Waals surface area (Å²) in [6.07, 6.45) is 0. The number of rotatable bonds is 4. The molecule has 0 heterocycles. The van der Waals surface area contributed by atoms with Gasteiger partial charge in [0.1, 0.15) is 0 Å². The van der Waals surface area contributed by atoms with Crippen LogP contribution < -0.4 is 24.0 Å². The smallest absolute Gasteiger partial charge is 0.345 e. The highest BCUT2D eigenvalue weighted by Crippen LogP contribution is 2.13. The number of benzene rings is 1. The Labute approximate surface area is 115 Å². The number of halogens is 1. The first kappa shape index (κ1) is 15.6. The summed E-state index contributed by atoms with van der Waals surface area (Å²) < 4.78 is 0.546. The van der Waals surface area contributed by atoms with E-state index in [1.54, 1.807) is 0 Å². The average molecular weight is 333 g/mol. The Morgan fingerprint density at radius 1 is 1.00 bits per heavy atom. The van der Waals surface area contributed by atoms with Gasteiger partial charge in [-0.25, -0.2) is 4.79 Å². The fourth-order valence-corrected chi connectivity index (χ4v) is 1.96. The summed E-state index contributed by atoms with van der Waals surface area (Å²) in [5, 5.41) is 0. The highest BCUT2D eigenvalue weighted by Gasteiger charge is 2.31. The van der Waals surface area contributed by atoms with E-state index >= 15 is 0 Å². The molecule has 1 aromatic rings. The summed E-state index contributed by atoms with van der Waals surface area (Å²) >= 11 is 0. The highest BCUT2D eigenvalue weighted by molar-refractivity contribution is 5.88. The number of quaternary nitrogens is 1. The third-order valence-electron chi connectivity index (χ3n) is 3.27. The van der Waals surface area contributed by atoms with E-state index in [2.05, 4.69) is 20.8 Å². The van der Waals surface area contributed by atoms with Crippen LogP contribution in [-0.4, -0.2) is 30.0 Å². The van der Waals surface area contributed by atoms with Gasteiger partial charge in [0, 0.05) is 0 Å². The summed E-state index contributed by atoms with van der Waals surface area (Å²) in [5.41, 5.74) is 0.822. The Bertz CT molecular complexity index is 312. The molecule has 0 saturated heterocycles. The molecule has 0 fully saturated rings. The molecule has 0 radical (unpaired) electrons. The molecule has 16 heavy (non-hydrogen) atoms. The summed E-state index contributed by atoms with van der Waals surface area (Å²) in [5.74, 6) is 0.239. The lowest BCUT2D eigenvalue weighted by molar-refractivity contribution is -0.843. The van der Waals surface area contributed by atoms with E-state index in [-0.39, 0.29) is 29.9 Å². The van der Waals surface area contributed by atoms with Crippen molar-refractivity contribution in [2.45, 2.75) is 20.8 Å². The van der Waals surface area contributed by atoms with Gasteiger partial charge in [-0.2, -0.15) is 0 Å². The van der Waals surface area contributed by atoms with Gasteiger partial charge in [0.2, 0.25) is 0 Å². The first-order valence-electron chi connectivity index (χ1n) is 5.66. The molecule has 0 aromatic heterocycles. The van der Waals surface area contributed by atoms with E-state index in [4.69, 9.17) is 0 Å². The van der Waals surface area contributed by atoms with Crippen molar-refractivity contribution in [3.63, 3.8) is 0 Å². The molecule has 0 atom stereocenters. The zero-order chi connectivity index (χ0) is 11.3. The molecule has 1 rings (SSSR count). The van der Waals surface area contributed by atoms with Crippen LogP contribution in [0.3, 0.4) is 0 Å². The van der Waals surface area contributed by atoms with E-state index < -0.39 is 0 Å². The van der Waals surface area contributed by atoms with Gasteiger partial charge in [-0.1, -0.05) is 18.2 Å². The number of amides is 1. The third-order valence-corrected chi connectivity index (χ3v) is 3.27. The lowest BCUT2D eigenvalue weighted by Gasteiger charge is -2.32. The van der Waals surface area contributed by atoms with Crippen molar-refractivity contribution < 1.29 is 33.3 Å². The first-order chi connectivity index (χ1) is 7.20. The predicted octanol–water partition coefficient (Wildman–Crippen LogP) is -0.293. The molecule has 90 valence electrons. The number of carbonyl (C=O) groups is 1. The number of hydrogen-bond donors (Lipinski definition) is 0. The quantitative estimate of drug-likeness (QED) is 0.547. The van der Waals surface area contributed by atoms with Gasteiger partial charge in [0.05, 0.1) is 25.2 Å². The first-order valence-corrected chi connectivity index (χ1v) is 5.66. The summed E-state index contributed by atoms with van der Waals surface area (Å²) in [6.45, 7) is 8.82. The van der Waals surface area contributed by atoms with Crippen LogP contribution in [0, 0.1) is 0 Å². The topological polar surface area (TPSA) is 17.1 Å². The Hall–Kier alpha value is -0.420. The Balaban J connectivity index is 0.00000225. The van der Waals surface area contributed by atoms with Gasteiger partial charge >= 0.3 is 5.91 Å². The van der Waals surface area contributed by atoms with Crippen molar-refractivity contribution in [1.29, 1.82) is 0 Å². The van der Waals surface area contributed by atoms with E-state index in [0.29, 0.717) is 4.48 Å². The molecule has 1 aromatic carbocycles. The molecule has 0 aliphatic rings. The fourth-order valence-electron chi connectivity index (χ4n) is 1.96. The fraction of sp³-hybridized carbons (Fsp3) is 0.462. The van der Waals surface area contributed by atoms with Gasteiger partial charge in [0.25, 0.3) is 0 Å². The van der Waals surface area contributed by atoms with E-state index in [9.17, 15) is 4.79 Å². The van der Waals surface area contributed by atoms with Gasteiger partial charge < -0.3 is 24.0 Å². The van der Waals surface area contributed by atoms with Gasteiger partial charge in [-0.15, -0.1) is 0 Å². The minimum atomic E-state index is 0. The second kappa shape index (κ2) is 7.01. The molecule has 0 bridgehead atoms. The normalized spacial score (nSPS) is 10.7.